The molecule has 0 unspecified atom stereocenters. The van der Waals surface area contributed by atoms with Crippen molar-refractivity contribution in [3.63, 3.8) is 0 Å². The molecule has 3 aliphatic rings. The van der Waals surface area contributed by atoms with Gasteiger partial charge in [0, 0.05) is 43.4 Å². The van der Waals surface area contributed by atoms with Gasteiger partial charge < -0.3 is 36.4 Å². The summed E-state index contributed by atoms with van der Waals surface area (Å²) in [6.45, 7) is 7.44. The highest BCUT2D eigenvalue weighted by Gasteiger charge is 2.64. The maximum Gasteiger partial charge on any atom is 0.255 e. The largest absolute Gasteiger partial charge is 0.508 e. The molecule has 0 spiro atoms. The van der Waals surface area contributed by atoms with Gasteiger partial charge in [0.15, 0.2) is 11.4 Å². The molecule has 0 bridgehead atoms. The zero-order chi connectivity index (χ0) is 30.8. The topological polar surface area (TPSA) is 177 Å². The summed E-state index contributed by atoms with van der Waals surface area (Å²) in [6, 6.07) is 0.744. The summed E-state index contributed by atoms with van der Waals surface area (Å²) >= 11 is 0. The average Bonchev–Trinajstić information content (AvgIpc) is 2.83. The Morgan fingerprint density at radius 3 is 2.32 bits per heavy atom. The Balaban J connectivity index is 1.87. The van der Waals surface area contributed by atoms with Crippen LogP contribution in [0, 0.1) is 17.3 Å². The number of primary amides is 1. The lowest BCUT2D eigenvalue weighted by Gasteiger charge is -2.50. The van der Waals surface area contributed by atoms with Crippen molar-refractivity contribution < 1.29 is 34.8 Å². The smallest absolute Gasteiger partial charge is 0.255 e. The SMILES string of the molecule is CN(C)c1cc(CNCCC(C)(C)C)c(O)c2c1C[C@H]1C[C@H]3[C@H](N(C)C)C(=O)C(C(N)=O)=C(O)[C@@]3(O)C(=O)C1=C2O. The molecule has 4 atom stereocenters. The fourth-order valence-corrected chi connectivity index (χ4v) is 6.57. The van der Waals surface area contributed by atoms with Crippen molar-refractivity contribution >= 4 is 28.9 Å². The van der Waals surface area contributed by atoms with Crippen LogP contribution in [0.2, 0.25) is 0 Å². The van der Waals surface area contributed by atoms with Crippen LogP contribution in [0.3, 0.4) is 0 Å². The number of fused-ring (bicyclic) bond motifs is 3. The number of aliphatic hydroxyl groups is 3. The van der Waals surface area contributed by atoms with Crippen molar-refractivity contribution in [3.05, 3.63) is 39.7 Å². The highest BCUT2D eigenvalue weighted by atomic mass is 16.3. The van der Waals surface area contributed by atoms with Crippen LogP contribution in [0.4, 0.5) is 5.69 Å². The zero-order valence-electron chi connectivity index (χ0n) is 24.8. The van der Waals surface area contributed by atoms with Crippen LogP contribution in [-0.4, -0.2) is 89.2 Å². The molecule has 0 aliphatic heterocycles. The number of hydrogen-bond acceptors (Lipinski definition) is 10. The van der Waals surface area contributed by atoms with Crippen LogP contribution < -0.4 is 16.0 Å². The number of carbonyl (C=O) groups excluding carboxylic acids is 3. The number of carbonyl (C=O) groups is 3. The molecule has 11 nitrogen and oxygen atoms in total. The third kappa shape index (κ3) is 4.89. The van der Waals surface area contributed by atoms with E-state index in [2.05, 4.69) is 26.1 Å². The Morgan fingerprint density at radius 1 is 1.15 bits per heavy atom. The summed E-state index contributed by atoms with van der Waals surface area (Å²) in [4.78, 5) is 42.8. The molecule has 0 radical (unpaired) electrons. The minimum absolute atomic E-state index is 0.0511. The monoisotopic (exact) mass is 570 g/mol. The molecule has 0 heterocycles. The quantitative estimate of drug-likeness (QED) is 0.208. The molecule has 1 aromatic rings. The Kier molecular flexibility index (Phi) is 7.79. The molecule has 224 valence electrons. The number of nitrogens with one attached hydrogen (secondary N) is 1. The number of phenols is 1. The van der Waals surface area contributed by atoms with E-state index in [1.165, 1.54) is 4.90 Å². The van der Waals surface area contributed by atoms with E-state index in [1.54, 1.807) is 14.1 Å². The van der Waals surface area contributed by atoms with Crippen molar-refractivity contribution in [1.82, 2.24) is 10.2 Å². The number of aliphatic hydroxyl groups excluding tert-OH is 2. The number of benzene rings is 1. The van der Waals surface area contributed by atoms with Crippen molar-refractivity contribution in [1.29, 1.82) is 0 Å². The third-order valence-corrected chi connectivity index (χ3v) is 8.63. The fraction of sp³-hybridized carbons (Fsp3) is 0.567. The first-order valence-corrected chi connectivity index (χ1v) is 13.8. The number of amides is 1. The molecule has 0 aromatic heterocycles. The standard InChI is InChI=1S/C30H42N4O7/c1-29(2,3)8-9-32-13-15-12-18(33(4)5)16-10-14-11-17-22(34(6)7)25(37)21(28(31)40)27(39)30(17,41)26(38)19(14)24(36)20(16)23(15)35/h12,14,17,22,32,35-36,39,41H,8-11,13H2,1-7H3,(H2,31,40)/t14-,17-,22-,30-/m0/s1. The van der Waals surface area contributed by atoms with Gasteiger partial charge in [0.1, 0.15) is 22.8 Å². The molecule has 41 heavy (non-hydrogen) atoms. The number of nitrogens with two attached hydrogens (primary N) is 1. The van der Waals surface area contributed by atoms with Gasteiger partial charge in [-0.25, -0.2) is 0 Å². The number of nitrogens with zero attached hydrogens (tertiary/aromatic N) is 2. The minimum atomic E-state index is -2.66. The van der Waals surface area contributed by atoms with Crippen molar-refractivity contribution in [2.45, 2.75) is 58.2 Å². The predicted octanol–water partition coefficient (Wildman–Crippen LogP) is 1.56. The molecule has 3 aliphatic carbocycles. The minimum Gasteiger partial charge on any atom is -0.508 e. The summed E-state index contributed by atoms with van der Waals surface area (Å²) in [7, 11) is 6.85. The molecular weight excluding hydrogens is 528 g/mol. The van der Waals surface area contributed by atoms with Gasteiger partial charge >= 0.3 is 0 Å². The van der Waals surface area contributed by atoms with Crippen LogP contribution in [-0.2, 0) is 27.3 Å². The molecule has 1 fully saturated rings. The van der Waals surface area contributed by atoms with Crippen LogP contribution in [0.1, 0.15) is 50.3 Å². The second-order valence-corrected chi connectivity index (χ2v) is 13.1. The number of Topliss-reactive ketones (excluding diaryl/α,β-unsaturated/α-hetero) is 2. The van der Waals surface area contributed by atoms with E-state index in [0.29, 0.717) is 24.2 Å². The second-order valence-electron chi connectivity index (χ2n) is 13.1. The summed E-state index contributed by atoms with van der Waals surface area (Å²) in [5.41, 5.74) is 3.90. The number of aromatic hydroxyl groups is 1. The van der Waals surface area contributed by atoms with Gasteiger partial charge in [0.05, 0.1) is 11.6 Å². The van der Waals surface area contributed by atoms with Crippen LogP contribution in [0.5, 0.6) is 5.75 Å². The number of anilines is 1. The maximum atomic E-state index is 14.1. The molecule has 1 aromatic carbocycles. The molecule has 0 saturated heterocycles. The Morgan fingerprint density at radius 2 is 1.78 bits per heavy atom. The van der Waals surface area contributed by atoms with Crippen LogP contribution in [0.15, 0.2) is 23.0 Å². The Bertz CT molecular complexity index is 1370. The number of phenolic OH excluding ortho intramolecular Hbond substituents is 1. The van der Waals surface area contributed by atoms with E-state index in [4.69, 9.17) is 5.73 Å². The van der Waals surface area contributed by atoms with E-state index in [1.807, 2.05) is 25.1 Å². The predicted molar refractivity (Wildman–Crippen MR) is 154 cm³/mol. The highest BCUT2D eigenvalue weighted by Crippen LogP contribution is 2.54. The van der Waals surface area contributed by atoms with Gasteiger partial charge in [-0.05, 0) is 62.9 Å². The highest BCUT2D eigenvalue weighted by molar-refractivity contribution is 6.24. The number of hydrogen-bond donors (Lipinski definition) is 6. The second kappa shape index (κ2) is 10.5. The normalized spacial score (nSPS) is 26.2. The van der Waals surface area contributed by atoms with E-state index >= 15 is 0 Å². The Hall–Kier alpha value is -3.41. The first-order valence-electron chi connectivity index (χ1n) is 13.8. The van der Waals surface area contributed by atoms with Crippen molar-refractivity contribution in [2.75, 3.05) is 39.6 Å². The molecular formula is C30H42N4O7. The molecule has 1 saturated carbocycles. The number of ketones is 2. The molecule has 4 rings (SSSR count). The van der Waals surface area contributed by atoms with E-state index < -0.39 is 58.0 Å². The molecule has 11 heteroatoms. The number of likely N-dealkylation sites (N-methyl/N-ethyl adjacent to an activating group) is 1. The lowest BCUT2D eigenvalue weighted by molar-refractivity contribution is -0.153. The van der Waals surface area contributed by atoms with E-state index in [9.17, 15) is 34.8 Å². The summed E-state index contributed by atoms with van der Waals surface area (Å²) in [6.07, 6.45) is 1.20. The van der Waals surface area contributed by atoms with Gasteiger partial charge in [-0.15, -0.1) is 0 Å². The summed E-state index contributed by atoms with van der Waals surface area (Å²) in [5, 5.41) is 49.1. The van der Waals surface area contributed by atoms with Gasteiger partial charge in [-0.3, -0.25) is 19.3 Å². The molecule has 7 N–H and O–H groups in total. The third-order valence-electron chi connectivity index (χ3n) is 8.63. The van der Waals surface area contributed by atoms with E-state index in [-0.39, 0.29) is 35.1 Å². The number of rotatable bonds is 7. The zero-order valence-corrected chi connectivity index (χ0v) is 24.8. The van der Waals surface area contributed by atoms with Crippen molar-refractivity contribution in [3.8, 4) is 5.75 Å². The van der Waals surface area contributed by atoms with E-state index in [0.717, 1.165) is 12.1 Å². The summed E-state index contributed by atoms with van der Waals surface area (Å²) < 4.78 is 0. The van der Waals surface area contributed by atoms with Gasteiger partial charge in [-0.2, -0.15) is 0 Å². The first kappa shape index (κ1) is 30.5. The lowest BCUT2D eigenvalue weighted by atomic mass is 9.57. The first-order chi connectivity index (χ1) is 18.9. The molecule has 1 amide bonds. The van der Waals surface area contributed by atoms with Gasteiger partial charge in [0.25, 0.3) is 5.91 Å². The van der Waals surface area contributed by atoms with Gasteiger partial charge in [0.2, 0.25) is 5.78 Å². The average molecular weight is 571 g/mol. The Labute approximate surface area is 240 Å². The lowest BCUT2D eigenvalue weighted by Crippen LogP contribution is -2.65. The maximum absolute atomic E-state index is 14.1. The van der Waals surface area contributed by atoms with Crippen LogP contribution in [0.25, 0.3) is 5.76 Å². The summed E-state index contributed by atoms with van der Waals surface area (Å²) in [5.74, 6) is -6.53. The van der Waals surface area contributed by atoms with Crippen molar-refractivity contribution in [2.24, 2.45) is 23.0 Å². The van der Waals surface area contributed by atoms with Gasteiger partial charge in [-0.1, -0.05) is 20.8 Å². The fourth-order valence-electron chi connectivity index (χ4n) is 6.57. The van der Waals surface area contributed by atoms with Crippen LogP contribution >= 0.6 is 0 Å².